The van der Waals surface area contributed by atoms with Crippen molar-refractivity contribution in [2.24, 2.45) is 0 Å². The van der Waals surface area contributed by atoms with Gasteiger partial charge >= 0.3 is 5.97 Å². The molecule has 88 valence electrons. The van der Waals surface area contributed by atoms with Gasteiger partial charge < -0.3 is 9.64 Å². The third-order valence-electron chi connectivity index (χ3n) is 3.12. The summed E-state index contributed by atoms with van der Waals surface area (Å²) in [4.78, 5) is 13.8. The Balaban J connectivity index is 2.23. The molecule has 0 aliphatic carbocycles. The van der Waals surface area contributed by atoms with Crippen LogP contribution in [0.4, 0.5) is 0 Å². The van der Waals surface area contributed by atoms with E-state index in [0.29, 0.717) is 19.1 Å². The van der Waals surface area contributed by atoms with Gasteiger partial charge in [-0.3, -0.25) is 4.79 Å². The lowest BCUT2D eigenvalue weighted by Gasteiger charge is -2.25. The van der Waals surface area contributed by atoms with Gasteiger partial charge in [0.25, 0.3) is 0 Å². The molecule has 0 aromatic carbocycles. The van der Waals surface area contributed by atoms with E-state index in [1.165, 1.54) is 25.9 Å². The maximum absolute atomic E-state index is 11.2. The second-order valence-corrected chi connectivity index (χ2v) is 4.15. The molecule has 1 atom stereocenters. The molecule has 1 rings (SSSR count). The number of hydrogen-bond donors (Lipinski definition) is 0. The van der Waals surface area contributed by atoms with Crippen molar-refractivity contribution >= 4 is 5.97 Å². The number of hydrogen-bond acceptors (Lipinski definition) is 3. The average Bonchev–Trinajstić information content (AvgIpc) is 2.72. The largest absolute Gasteiger partial charge is 0.466 e. The summed E-state index contributed by atoms with van der Waals surface area (Å²) in [5.74, 6) is -0.0462. The second kappa shape index (κ2) is 6.83. The SMILES string of the molecule is CCOC(=O)CCC(CC)N1CCCC1. The zero-order valence-corrected chi connectivity index (χ0v) is 10.00. The molecule has 0 radical (unpaired) electrons. The number of rotatable bonds is 6. The first-order chi connectivity index (χ1) is 7.27. The molecule has 3 heteroatoms. The van der Waals surface area contributed by atoms with Crippen molar-refractivity contribution in [1.29, 1.82) is 0 Å². The summed E-state index contributed by atoms with van der Waals surface area (Å²) in [7, 11) is 0. The average molecular weight is 213 g/mol. The number of carbonyl (C=O) groups excluding carboxylic acids is 1. The highest BCUT2D eigenvalue weighted by Gasteiger charge is 2.20. The fourth-order valence-corrected chi connectivity index (χ4v) is 2.27. The van der Waals surface area contributed by atoms with E-state index in [4.69, 9.17) is 4.74 Å². The molecular formula is C12H23NO2. The Morgan fingerprint density at radius 2 is 2.00 bits per heavy atom. The van der Waals surface area contributed by atoms with E-state index in [2.05, 4.69) is 11.8 Å². The molecule has 1 unspecified atom stereocenters. The number of carbonyl (C=O) groups is 1. The molecule has 15 heavy (non-hydrogen) atoms. The van der Waals surface area contributed by atoms with Crippen LogP contribution in [-0.2, 0) is 9.53 Å². The van der Waals surface area contributed by atoms with Crippen molar-refractivity contribution in [3.05, 3.63) is 0 Å². The van der Waals surface area contributed by atoms with Gasteiger partial charge in [0.05, 0.1) is 6.61 Å². The monoisotopic (exact) mass is 213 g/mol. The Labute approximate surface area is 92.8 Å². The zero-order chi connectivity index (χ0) is 11.1. The minimum absolute atomic E-state index is 0.0462. The van der Waals surface area contributed by atoms with Crippen LogP contribution in [-0.4, -0.2) is 36.6 Å². The standard InChI is InChI=1S/C12H23NO2/c1-3-11(13-9-5-6-10-13)7-8-12(14)15-4-2/h11H,3-10H2,1-2H3. The van der Waals surface area contributed by atoms with Crippen molar-refractivity contribution in [3.8, 4) is 0 Å². The third kappa shape index (κ3) is 4.20. The molecule has 0 aromatic rings. The number of esters is 1. The lowest BCUT2D eigenvalue weighted by Crippen LogP contribution is -2.32. The van der Waals surface area contributed by atoms with E-state index in [-0.39, 0.29) is 5.97 Å². The summed E-state index contributed by atoms with van der Waals surface area (Å²) in [6.07, 6.45) is 5.30. The highest BCUT2D eigenvalue weighted by atomic mass is 16.5. The van der Waals surface area contributed by atoms with E-state index in [0.717, 1.165) is 12.8 Å². The van der Waals surface area contributed by atoms with Crippen LogP contribution in [0.1, 0.15) is 46.0 Å². The fourth-order valence-electron chi connectivity index (χ4n) is 2.27. The first-order valence-corrected chi connectivity index (χ1v) is 6.17. The van der Waals surface area contributed by atoms with Crippen LogP contribution in [0.25, 0.3) is 0 Å². The van der Waals surface area contributed by atoms with E-state index in [9.17, 15) is 4.79 Å². The van der Waals surface area contributed by atoms with Gasteiger partial charge in [0, 0.05) is 12.5 Å². The summed E-state index contributed by atoms with van der Waals surface area (Å²) in [5.41, 5.74) is 0. The van der Waals surface area contributed by atoms with Gasteiger partial charge in [0.2, 0.25) is 0 Å². The van der Waals surface area contributed by atoms with E-state index in [1.54, 1.807) is 0 Å². The van der Waals surface area contributed by atoms with Crippen molar-refractivity contribution in [2.75, 3.05) is 19.7 Å². The molecule has 1 heterocycles. The normalized spacial score (nSPS) is 19.1. The van der Waals surface area contributed by atoms with Gasteiger partial charge in [0.1, 0.15) is 0 Å². The molecule has 1 aliphatic rings. The molecule has 0 amide bonds. The molecule has 0 saturated carbocycles. The third-order valence-corrected chi connectivity index (χ3v) is 3.12. The van der Waals surface area contributed by atoms with Crippen LogP contribution in [0.3, 0.4) is 0 Å². The molecule has 3 nitrogen and oxygen atoms in total. The summed E-state index contributed by atoms with van der Waals surface area (Å²) in [5, 5.41) is 0. The Morgan fingerprint density at radius 1 is 1.33 bits per heavy atom. The van der Waals surface area contributed by atoms with Gasteiger partial charge in [-0.05, 0) is 45.7 Å². The minimum atomic E-state index is -0.0462. The molecule has 1 aliphatic heterocycles. The second-order valence-electron chi connectivity index (χ2n) is 4.15. The first-order valence-electron chi connectivity index (χ1n) is 6.17. The Kier molecular flexibility index (Phi) is 5.69. The zero-order valence-electron chi connectivity index (χ0n) is 10.00. The topological polar surface area (TPSA) is 29.5 Å². The fraction of sp³-hybridized carbons (Fsp3) is 0.917. The van der Waals surface area contributed by atoms with Crippen molar-refractivity contribution in [2.45, 2.75) is 52.0 Å². The maximum Gasteiger partial charge on any atom is 0.305 e. The predicted octanol–water partition coefficient (Wildman–Crippen LogP) is 2.20. The van der Waals surface area contributed by atoms with Gasteiger partial charge in [-0.25, -0.2) is 0 Å². The Bertz CT molecular complexity index is 188. The van der Waals surface area contributed by atoms with Gasteiger partial charge in [-0.15, -0.1) is 0 Å². The lowest BCUT2D eigenvalue weighted by molar-refractivity contribution is -0.143. The van der Waals surface area contributed by atoms with Crippen LogP contribution in [0, 0.1) is 0 Å². The van der Waals surface area contributed by atoms with Gasteiger partial charge in [0.15, 0.2) is 0 Å². The van der Waals surface area contributed by atoms with E-state index < -0.39 is 0 Å². The highest BCUT2D eigenvalue weighted by Crippen LogP contribution is 2.17. The molecular weight excluding hydrogens is 190 g/mol. The van der Waals surface area contributed by atoms with Crippen LogP contribution in [0.2, 0.25) is 0 Å². The van der Waals surface area contributed by atoms with Crippen LogP contribution in [0.5, 0.6) is 0 Å². The maximum atomic E-state index is 11.2. The number of ether oxygens (including phenoxy) is 1. The van der Waals surface area contributed by atoms with Crippen molar-refractivity contribution in [3.63, 3.8) is 0 Å². The number of likely N-dealkylation sites (tertiary alicyclic amines) is 1. The van der Waals surface area contributed by atoms with Gasteiger partial charge in [-0.2, -0.15) is 0 Å². The molecule has 0 spiro atoms. The molecule has 1 fully saturated rings. The molecule has 1 saturated heterocycles. The molecule has 0 aromatic heterocycles. The van der Waals surface area contributed by atoms with Crippen molar-refractivity contribution < 1.29 is 9.53 Å². The van der Waals surface area contributed by atoms with Crippen LogP contribution < -0.4 is 0 Å². The van der Waals surface area contributed by atoms with Crippen LogP contribution >= 0.6 is 0 Å². The van der Waals surface area contributed by atoms with E-state index in [1.807, 2.05) is 6.92 Å². The van der Waals surface area contributed by atoms with Gasteiger partial charge in [-0.1, -0.05) is 6.92 Å². The van der Waals surface area contributed by atoms with Crippen LogP contribution in [0.15, 0.2) is 0 Å². The first kappa shape index (κ1) is 12.5. The summed E-state index contributed by atoms with van der Waals surface area (Å²) < 4.78 is 4.94. The summed E-state index contributed by atoms with van der Waals surface area (Å²) in [6, 6.07) is 0.580. The Hall–Kier alpha value is -0.570. The highest BCUT2D eigenvalue weighted by molar-refractivity contribution is 5.69. The smallest absolute Gasteiger partial charge is 0.305 e. The minimum Gasteiger partial charge on any atom is -0.466 e. The predicted molar refractivity (Wildman–Crippen MR) is 60.8 cm³/mol. The lowest BCUT2D eigenvalue weighted by atomic mass is 10.1. The summed E-state index contributed by atoms with van der Waals surface area (Å²) >= 11 is 0. The Morgan fingerprint density at radius 3 is 2.53 bits per heavy atom. The molecule has 0 N–H and O–H groups in total. The summed E-state index contributed by atoms with van der Waals surface area (Å²) in [6.45, 7) is 6.98. The number of nitrogens with zero attached hydrogens (tertiary/aromatic N) is 1. The van der Waals surface area contributed by atoms with Crippen molar-refractivity contribution in [1.82, 2.24) is 4.90 Å². The van der Waals surface area contributed by atoms with E-state index >= 15 is 0 Å². The molecule has 0 bridgehead atoms. The quantitative estimate of drug-likeness (QED) is 0.633.